The number of rotatable bonds is 4. The molecule has 3 rings (SSSR count). The summed E-state index contributed by atoms with van der Waals surface area (Å²) in [5.74, 6) is -0.406. The van der Waals surface area contributed by atoms with E-state index in [0.717, 1.165) is 27.6 Å². The first kappa shape index (κ1) is 13.6. The Morgan fingerprint density at radius 2 is 2.24 bits per heavy atom. The highest BCUT2D eigenvalue weighted by molar-refractivity contribution is 7.15. The Hall–Kier alpha value is -2.34. The molecule has 0 radical (unpaired) electrons. The molecule has 0 aliphatic rings. The number of amides is 1. The molecule has 0 saturated carbocycles. The van der Waals surface area contributed by atoms with Gasteiger partial charge in [-0.25, -0.2) is 4.98 Å². The van der Waals surface area contributed by atoms with Crippen molar-refractivity contribution in [3.8, 4) is 0 Å². The molecule has 5 nitrogen and oxygen atoms in total. The number of fused-ring (bicyclic) bond motifs is 1. The second-order valence-corrected chi connectivity index (χ2v) is 5.77. The second-order valence-electron chi connectivity index (χ2n) is 4.90. The molecule has 0 bridgehead atoms. The van der Waals surface area contributed by atoms with Crippen molar-refractivity contribution >= 4 is 27.9 Å². The van der Waals surface area contributed by atoms with E-state index < -0.39 is 5.91 Å². The van der Waals surface area contributed by atoms with Crippen LogP contribution in [-0.4, -0.2) is 15.3 Å². The van der Waals surface area contributed by atoms with Gasteiger partial charge in [0.2, 0.25) is 5.91 Å². The van der Waals surface area contributed by atoms with Crippen LogP contribution in [0.4, 0.5) is 5.69 Å². The lowest BCUT2D eigenvalue weighted by Crippen LogP contribution is -2.14. The molecule has 0 unspecified atom stereocenters. The molecular formula is C15H16N4OS. The highest BCUT2D eigenvalue weighted by atomic mass is 32.1. The molecule has 1 aromatic carbocycles. The van der Waals surface area contributed by atoms with E-state index in [9.17, 15) is 4.79 Å². The molecule has 1 amide bonds. The van der Waals surface area contributed by atoms with Gasteiger partial charge < -0.3 is 11.1 Å². The fourth-order valence-electron chi connectivity index (χ4n) is 2.43. The normalized spacial score (nSPS) is 11.0. The van der Waals surface area contributed by atoms with E-state index in [1.807, 2.05) is 37.6 Å². The molecular weight excluding hydrogens is 284 g/mol. The van der Waals surface area contributed by atoms with Gasteiger partial charge in [-0.2, -0.15) is 0 Å². The van der Waals surface area contributed by atoms with Crippen molar-refractivity contribution in [2.45, 2.75) is 20.4 Å². The van der Waals surface area contributed by atoms with Gasteiger partial charge in [0.15, 0.2) is 4.96 Å². The minimum atomic E-state index is -0.406. The number of benzene rings is 1. The van der Waals surface area contributed by atoms with Crippen molar-refractivity contribution < 1.29 is 4.79 Å². The number of imidazole rings is 1. The monoisotopic (exact) mass is 300 g/mol. The first-order valence-electron chi connectivity index (χ1n) is 6.62. The number of carbonyl (C=O) groups is 1. The van der Waals surface area contributed by atoms with Crippen LogP contribution in [0.3, 0.4) is 0 Å². The van der Waals surface area contributed by atoms with Crippen LogP contribution in [0.2, 0.25) is 0 Å². The van der Waals surface area contributed by atoms with Crippen molar-refractivity contribution in [2.75, 3.05) is 5.32 Å². The largest absolute Gasteiger partial charge is 0.379 e. The number of nitrogens with one attached hydrogen (secondary N) is 1. The van der Waals surface area contributed by atoms with Crippen LogP contribution in [0.1, 0.15) is 27.3 Å². The van der Waals surface area contributed by atoms with Crippen molar-refractivity contribution in [1.29, 1.82) is 0 Å². The van der Waals surface area contributed by atoms with Gasteiger partial charge in [-0.1, -0.05) is 6.07 Å². The van der Waals surface area contributed by atoms with Crippen molar-refractivity contribution in [2.24, 2.45) is 5.73 Å². The summed E-state index contributed by atoms with van der Waals surface area (Å²) in [6.45, 7) is 4.54. The van der Waals surface area contributed by atoms with Gasteiger partial charge in [-0.3, -0.25) is 9.20 Å². The first-order valence-corrected chi connectivity index (χ1v) is 7.50. The zero-order valence-corrected chi connectivity index (χ0v) is 12.7. The SMILES string of the molecule is Cc1nc2sccn2c1CNc1cccc(C(N)=O)c1C. The molecule has 2 aromatic heterocycles. The van der Waals surface area contributed by atoms with Crippen LogP contribution in [0.25, 0.3) is 4.96 Å². The average molecular weight is 300 g/mol. The molecule has 108 valence electrons. The molecule has 6 heteroatoms. The molecule has 0 atom stereocenters. The summed E-state index contributed by atoms with van der Waals surface area (Å²) in [5, 5.41) is 5.39. The predicted octanol–water partition coefficient (Wildman–Crippen LogP) is 2.72. The number of aryl methyl sites for hydroxylation is 1. The molecule has 2 heterocycles. The smallest absolute Gasteiger partial charge is 0.249 e. The third kappa shape index (κ3) is 2.38. The highest BCUT2D eigenvalue weighted by Gasteiger charge is 2.11. The van der Waals surface area contributed by atoms with Crippen molar-refractivity contribution in [3.05, 3.63) is 52.3 Å². The van der Waals surface area contributed by atoms with E-state index >= 15 is 0 Å². The van der Waals surface area contributed by atoms with E-state index in [-0.39, 0.29) is 0 Å². The van der Waals surface area contributed by atoms with E-state index in [1.54, 1.807) is 17.4 Å². The summed E-state index contributed by atoms with van der Waals surface area (Å²) in [6.07, 6.45) is 2.02. The third-order valence-electron chi connectivity index (χ3n) is 3.61. The Morgan fingerprint density at radius 1 is 1.43 bits per heavy atom. The Labute approximate surface area is 126 Å². The van der Waals surface area contributed by atoms with Gasteiger partial charge in [0, 0.05) is 22.8 Å². The number of anilines is 1. The maximum atomic E-state index is 11.4. The van der Waals surface area contributed by atoms with Crippen molar-refractivity contribution in [1.82, 2.24) is 9.38 Å². The summed E-state index contributed by atoms with van der Waals surface area (Å²) >= 11 is 1.62. The minimum absolute atomic E-state index is 0.406. The number of hydrogen-bond donors (Lipinski definition) is 2. The highest BCUT2D eigenvalue weighted by Crippen LogP contribution is 2.21. The Balaban J connectivity index is 1.88. The number of nitrogens with zero attached hydrogens (tertiary/aromatic N) is 2. The molecule has 0 aliphatic carbocycles. The second kappa shape index (κ2) is 5.21. The molecule has 0 fully saturated rings. The van der Waals surface area contributed by atoms with Crippen molar-refractivity contribution in [3.63, 3.8) is 0 Å². The minimum Gasteiger partial charge on any atom is -0.379 e. The third-order valence-corrected chi connectivity index (χ3v) is 4.36. The van der Waals surface area contributed by atoms with Crippen LogP contribution in [0, 0.1) is 13.8 Å². The van der Waals surface area contributed by atoms with Gasteiger partial charge in [0.1, 0.15) is 0 Å². The summed E-state index contributed by atoms with van der Waals surface area (Å²) in [6, 6.07) is 5.52. The van der Waals surface area contributed by atoms with E-state index in [1.165, 1.54) is 0 Å². The van der Waals surface area contributed by atoms with E-state index in [2.05, 4.69) is 14.7 Å². The first-order chi connectivity index (χ1) is 10.1. The van der Waals surface area contributed by atoms with Gasteiger partial charge in [-0.15, -0.1) is 11.3 Å². The van der Waals surface area contributed by atoms with E-state index in [0.29, 0.717) is 12.1 Å². The molecule has 0 spiro atoms. The lowest BCUT2D eigenvalue weighted by atomic mass is 10.1. The number of aromatic nitrogens is 2. The Morgan fingerprint density at radius 3 is 3.00 bits per heavy atom. The van der Waals surface area contributed by atoms with Crippen LogP contribution >= 0.6 is 11.3 Å². The van der Waals surface area contributed by atoms with Crippen LogP contribution in [-0.2, 0) is 6.54 Å². The van der Waals surface area contributed by atoms with Crippen LogP contribution in [0.15, 0.2) is 29.8 Å². The summed E-state index contributed by atoms with van der Waals surface area (Å²) in [7, 11) is 0. The number of carbonyl (C=O) groups excluding carboxylic acids is 1. The lowest BCUT2D eigenvalue weighted by molar-refractivity contribution is 0.1000. The standard InChI is InChI=1S/C15H16N4OS/c1-9-11(14(16)20)4-3-5-12(9)17-8-13-10(2)18-15-19(13)6-7-21-15/h3-7,17H,8H2,1-2H3,(H2,16,20). The predicted molar refractivity (Wildman–Crippen MR) is 84.8 cm³/mol. The number of primary amides is 1. The summed E-state index contributed by atoms with van der Waals surface area (Å²) < 4.78 is 2.08. The summed E-state index contributed by atoms with van der Waals surface area (Å²) in [4.78, 5) is 16.9. The molecule has 21 heavy (non-hydrogen) atoms. The van der Waals surface area contributed by atoms with Crippen LogP contribution in [0.5, 0.6) is 0 Å². The maximum absolute atomic E-state index is 11.4. The fraction of sp³-hybridized carbons (Fsp3) is 0.200. The van der Waals surface area contributed by atoms with E-state index in [4.69, 9.17) is 5.73 Å². The molecule has 3 N–H and O–H groups in total. The quantitative estimate of drug-likeness (QED) is 0.778. The lowest BCUT2D eigenvalue weighted by Gasteiger charge is -2.12. The zero-order chi connectivity index (χ0) is 15.0. The fourth-order valence-corrected chi connectivity index (χ4v) is 3.21. The van der Waals surface area contributed by atoms with Gasteiger partial charge >= 0.3 is 0 Å². The molecule has 0 saturated heterocycles. The Bertz CT molecular complexity index is 818. The van der Waals surface area contributed by atoms with Gasteiger partial charge in [0.05, 0.1) is 17.9 Å². The van der Waals surface area contributed by atoms with Gasteiger partial charge in [-0.05, 0) is 31.5 Å². The number of hydrogen-bond acceptors (Lipinski definition) is 4. The number of nitrogens with two attached hydrogens (primary N) is 1. The average Bonchev–Trinajstić information content (AvgIpc) is 2.98. The Kier molecular flexibility index (Phi) is 3.39. The topological polar surface area (TPSA) is 72.4 Å². The molecule has 0 aliphatic heterocycles. The number of thiazole rings is 1. The maximum Gasteiger partial charge on any atom is 0.249 e. The zero-order valence-electron chi connectivity index (χ0n) is 11.9. The molecule has 3 aromatic rings. The summed E-state index contributed by atoms with van der Waals surface area (Å²) in [5.41, 5.74) is 9.84. The van der Waals surface area contributed by atoms with Crippen LogP contribution < -0.4 is 11.1 Å². The van der Waals surface area contributed by atoms with Gasteiger partial charge in [0.25, 0.3) is 0 Å².